The largest absolute Gasteiger partial charge is 0.127 e. The van der Waals surface area contributed by atoms with Crippen LogP contribution >= 0.6 is 23.2 Å². The van der Waals surface area contributed by atoms with Gasteiger partial charge in [0.05, 0.1) is 0 Å². The lowest BCUT2D eigenvalue weighted by atomic mass is 9.92. The van der Waals surface area contributed by atoms with Crippen LogP contribution < -0.4 is 0 Å². The van der Waals surface area contributed by atoms with Crippen LogP contribution in [0.3, 0.4) is 0 Å². The van der Waals surface area contributed by atoms with Crippen LogP contribution in [-0.4, -0.2) is 4.33 Å². The molecule has 0 N–H and O–H groups in total. The second-order valence-corrected chi connectivity index (χ2v) is 5.93. The van der Waals surface area contributed by atoms with Gasteiger partial charge in [0.2, 0.25) is 0 Å². The Labute approximate surface area is 84.6 Å². The summed E-state index contributed by atoms with van der Waals surface area (Å²) in [4.78, 5) is 0. The van der Waals surface area contributed by atoms with E-state index in [0.717, 1.165) is 0 Å². The molecular formula is C10H16Cl2. The molecule has 70 valence electrons. The molecule has 2 fully saturated rings. The molecule has 0 amide bonds. The van der Waals surface area contributed by atoms with Crippen LogP contribution in [0.1, 0.15) is 45.4 Å². The second-order valence-electron chi connectivity index (χ2n) is 4.55. The fraction of sp³-hybridized carbons (Fsp3) is 1.00. The van der Waals surface area contributed by atoms with Crippen molar-refractivity contribution in [3.63, 3.8) is 0 Å². The van der Waals surface area contributed by atoms with Crippen molar-refractivity contribution in [1.82, 2.24) is 0 Å². The minimum Gasteiger partial charge on any atom is -0.101 e. The molecule has 2 atom stereocenters. The Kier molecular flexibility index (Phi) is 2.12. The summed E-state index contributed by atoms with van der Waals surface area (Å²) in [7, 11) is 0. The Morgan fingerprint density at radius 2 is 1.75 bits per heavy atom. The number of hydrogen-bond acceptors (Lipinski definition) is 0. The number of halogens is 2. The third-order valence-corrected chi connectivity index (χ3v) is 5.21. The fourth-order valence-corrected chi connectivity index (χ4v) is 3.75. The molecule has 0 aliphatic heterocycles. The van der Waals surface area contributed by atoms with E-state index < -0.39 is 4.33 Å². The van der Waals surface area contributed by atoms with Gasteiger partial charge in [0.1, 0.15) is 4.33 Å². The van der Waals surface area contributed by atoms with Gasteiger partial charge >= 0.3 is 0 Å². The predicted molar refractivity (Wildman–Crippen MR) is 53.7 cm³/mol. The van der Waals surface area contributed by atoms with Gasteiger partial charge < -0.3 is 0 Å². The number of rotatable bonds is 0. The lowest BCUT2D eigenvalue weighted by Gasteiger charge is -2.13. The van der Waals surface area contributed by atoms with E-state index in [1.54, 1.807) is 0 Å². The SMILES string of the molecule is C[C@@]12CCCCCC[C@@H]1C2(Cl)Cl. The first-order chi connectivity index (χ1) is 5.59. The molecule has 0 nitrogen and oxygen atoms in total. The Bertz CT molecular complexity index is 188. The van der Waals surface area contributed by atoms with Crippen molar-refractivity contribution in [1.29, 1.82) is 0 Å². The van der Waals surface area contributed by atoms with Gasteiger partial charge in [0.25, 0.3) is 0 Å². The molecule has 0 spiro atoms. The molecule has 0 heterocycles. The lowest BCUT2D eigenvalue weighted by Crippen LogP contribution is -2.04. The summed E-state index contributed by atoms with van der Waals surface area (Å²) >= 11 is 12.5. The van der Waals surface area contributed by atoms with Gasteiger partial charge in [-0.05, 0) is 12.8 Å². The maximum absolute atomic E-state index is 6.27. The van der Waals surface area contributed by atoms with Crippen LogP contribution in [0.4, 0.5) is 0 Å². The first kappa shape index (κ1) is 9.15. The number of alkyl halides is 2. The molecule has 0 bridgehead atoms. The van der Waals surface area contributed by atoms with E-state index in [9.17, 15) is 0 Å². The summed E-state index contributed by atoms with van der Waals surface area (Å²) in [5, 5.41) is 0. The maximum Gasteiger partial charge on any atom is 0.127 e. The molecule has 2 aliphatic rings. The molecule has 2 saturated carbocycles. The van der Waals surface area contributed by atoms with E-state index in [4.69, 9.17) is 23.2 Å². The first-order valence-corrected chi connectivity index (χ1v) is 5.72. The van der Waals surface area contributed by atoms with Gasteiger partial charge in [-0.25, -0.2) is 0 Å². The average Bonchev–Trinajstić information content (AvgIpc) is 2.32. The zero-order valence-electron chi connectivity index (χ0n) is 7.58. The van der Waals surface area contributed by atoms with Gasteiger partial charge in [-0.3, -0.25) is 0 Å². The van der Waals surface area contributed by atoms with E-state index in [0.29, 0.717) is 5.92 Å². The highest BCUT2D eigenvalue weighted by Gasteiger charge is 2.71. The maximum atomic E-state index is 6.27. The molecule has 0 radical (unpaired) electrons. The predicted octanol–water partition coefficient (Wildman–Crippen LogP) is 4.15. The highest BCUT2D eigenvalue weighted by molar-refractivity contribution is 6.51. The minimum atomic E-state index is -0.392. The van der Waals surface area contributed by atoms with Crippen LogP contribution in [0.15, 0.2) is 0 Å². The van der Waals surface area contributed by atoms with E-state index in [1.807, 2.05) is 0 Å². The van der Waals surface area contributed by atoms with Gasteiger partial charge in [0, 0.05) is 11.3 Å². The summed E-state index contributed by atoms with van der Waals surface area (Å²) in [6, 6.07) is 0. The molecule has 2 aliphatic carbocycles. The van der Waals surface area contributed by atoms with E-state index >= 15 is 0 Å². The normalized spacial score (nSPS) is 45.8. The van der Waals surface area contributed by atoms with E-state index in [-0.39, 0.29) is 5.41 Å². The highest BCUT2D eigenvalue weighted by Crippen LogP contribution is 2.73. The molecular weight excluding hydrogens is 191 g/mol. The number of hydrogen-bond donors (Lipinski definition) is 0. The summed E-state index contributed by atoms with van der Waals surface area (Å²) in [5.74, 6) is 0.577. The average molecular weight is 207 g/mol. The Balaban J connectivity index is 2.09. The van der Waals surface area contributed by atoms with Crippen LogP contribution in [-0.2, 0) is 0 Å². The molecule has 0 aromatic carbocycles. The zero-order chi connectivity index (χ0) is 8.82. The van der Waals surface area contributed by atoms with Gasteiger partial charge in [-0.15, -0.1) is 23.2 Å². The minimum absolute atomic E-state index is 0.247. The first-order valence-electron chi connectivity index (χ1n) is 4.97. The second kappa shape index (κ2) is 2.78. The fourth-order valence-electron chi connectivity index (χ4n) is 2.71. The Morgan fingerprint density at radius 1 is 1.08 bits per heavy atom. The topological polar surface area (TPSA) is 0 Å². The van der Waals surface area contributed by atoms with Crippen molar-refractivity contribution in [3.8, 4) is 0 Å². The van der Waals surface area contributed by atoms with Crippen LogP contribution in [0.5, 0.6) is 0 Å². The third-order valence-electron chi connectivity index (χ3n) is 3.82. The van der Waals surface area contributed by atoms with Crippen molar-refractivity contribution in [3.05, 3.63) is 0 Å². The van der Waals surface area contributed by atoms with Crippen molar-refractivity contribution in [2.24, 2.45) is 11.3 Å². The van der Waals surface area contributed by atoms with E-state index in [1.165, 1.54) is 38.5 Å². The molecule has 0 aromatic heterocycles. The molecule has 12 heavy (non-hydrogen) atoms. The summed E-state index contributed by atoms with van der Waals surface area (Å²) < 4.78 is -0.392. The van der Waals surface area contributed by atoms with Crippen molar-refractivity contribution >= 4 is 23.2 Å². The monoisotopic (exact) mass is 206 g/mol. The molecule has 0 saturated heterocycles. The van der Waals surface area contributed by atoms with E-state index in [2.05, 4.69) is 6.92 Å². The summed E-state index contributed by atoms with van der Waals surface area (Å²) in [6.07, 6.45) is 7.84. The highest BCUT2D eigenvalue weighted by atomic mass is 35.5. The summed E-state index contributed by atoms with van der Waals surface area (Å²) in [6.45, 7) is 2.25. The molecule has 0 aromatic rings. The third kappa shape index (κ3) is 1.11. The number of fused-ring (bicyclic) bond motifs is 1. The van der Waals surface area contributed by atoms with Crippen LogP contribution in [0.25, 0.3) is 0 Å². The smallest absolute Gasteiger partial charge is 0.101 e. The molecule has 2 heteroatoms. The van der Waals surface area contributed by atoms with Crippen molar-refractivity contribution < 1.29 is 0 Å². The van der Waals surface area contributed by atoms with Crippen molar-refractivity contribution in [2.75, 3.05) is 0 Å². The molecule has 0 unspecified atom stereocenters. The van der Waals surface area contributed by atoms with Crippen LogP contribution in [0, 0.1) is 11.3 Å². The summed E-state index contributed by atoms with van der Waals surface area (Å²) in [5.41, 5.74) is 0.247. The molecule has 2 rings (SSSR count). The van der Waals surface area contributed by atoms with Crippen molar-refractivity contribution in [2.45, 2.75) is 49.8 Å². The van der Waals surface area contributed by atoms with Crippen LogP contribution in [0.2, 0.25) is 0 Å². The quantitative estimate of drug-likeness (QED) is 0.523. The van der Waals surface area contributed by atoms with Gasteiger partial charge in [-0.1, -0.05) is 32.6 Å². The van der Waals surface area contributed by atoms with Gasteiger partial charge in [0.15, 0.2) is 0 Å². The Morgan fingerprint density at radius 3 is 2.50 bits per heavy atom. The zero-order valence-corrected chi connectivity index (χ0v) is 9.09. The lowest BCUT2D eigenvalue weighted by molar-refractivity contribution is 0.384. The van der Waals surface area contributed by atoms with Gasteiger partial charge in [-0.2, -0.15) is 0 Å². The standard InChI is InChI=1S/C10H16Cl2/c1-9-7-5-3-2-4-6-8(9)10(9,11)12/h8H,2-7H2,1H3/t8-,9+/m0/s1. The Hall–Kier alpha value is 0.580.